The number of hydrogen-bond donors (Lipinski definition) is 0. The fraction of sp³-hybridized carbons (Fsp3) is 0.412. The Kier molecular flexibility index (Phi) is 4.78. The van der Waals surface area contributed by atoms with Crippen molar-refractivity contribution in [2.75, 3.05) is 6.61 Å². The van der Waals surface area contributed by atoms with Crippen LogP contribution in [0.2, 0.25) is 0 Å². The molecular formula is C17H22N2O2. The molecule has 0 atom stereocenters. The molecule has 112 valence electrons. The number of carbonyl (C=O) groups excluding carboxylic acids is 1. The van der Waals surface area contributed by atoms with Gasteiger partial charge in [0.2, 0.25) is 0 Å². The molecule has 0 amide bonds. The van der Waals surface area contributed by atoms with Crippen LogP contribution in [0, 0.1) is 13.8 Å². The third kappa shape index (κ3) is 3.32. The van der Waals surface area contributed by atoms with E-state index in [9.17, 15) is 4.79 Å². The molecule has 0 saturated carbocycles. The Morgan fingerprint density at radius 1 is 1.29 bits per heavy atom. The van der Waals surface area contributed by atoms with Gasteiger partial charge in [0.1, 0.15) is 5.75 Å². The summed E-state index contributed by atoms with van der Waals surface area (Å²) >= 11 is 0. The molecule has 0 bridgehead atoms. The topological polar surface area (TPSA) is 44.1 Å². The maximum absolute atomic E-state index is 12.4. The minimum Gasteiger partial charge on any atom is -0.493 e. The van der Waals surface area contributed by atoms with Crippen LogP contribution in [0.1, 0.15) is 40.7 Å². The summed E-state index contributed by atoms with van der Waals surface area (Å²) in [4.78, 5) is 12.4. The van der Waals surface area contributed by atoms with Crippen LogP contribution < -0.4 is 4.74 Å². The van der Waals surface area contributed by atoms with Crippen molar-refractivity contribution < 1.29 is 9.53 Å². The Bertz CT molecular complexity index is 644. The molecule has 0 saturated heterocycles. The van der Waals surface area contributed by atoms with Crippen molar-refractivity contribution >= 4 is 5.78 Å². The highest BCUT2D eigenvalue weighted by molar-refractivity contribution is 5.98. The summed E-state index contributed by atoms with van der Waals surface area (Å²) in [5, 5.41) is 4.39. The van der Waals surface area contributed by atoms with Gasteiger partial charge in [-0.15, -0.1) is 0 Å². The summed E-state index contributed by atoms with van der Waals surface area (Å²) in [5.74, 6) is 0.784. The molecule has 1 heterocycles. The van der Waals surface area contributed by atoms with Crippen molar-refractivity contribution in [1.29, 1.82) is 0 Å². The van der Waals surface area contributed by atoms with E-state index < -0.39 is 0 Å². The molecule has 1 aromatic carbocycles. The normalized spacial score (nSPS) is 10.7. The predicted octanol–water partition coefficient (Wildman–Crippen LogP) is 3.25. The number of hydrogen-bond acceptors (Lipinski definition) is 3. The number of ketones is 1. The van der Waals surface area contributed by atoms with E-state index >= 15 is 0 Å². The van der Waals surface area contributed by atoms with Crippen LogP contribution in [0.5, 0.6) is 5.75 Å². The molecule has 4 nitrogen and oxygen atoms in total. The van der Waals surface area contributed by atoms with Crippen LogP contribution in [-0.4, -0.2) is 22.2 Å². The number of benzene rings is 1. The molecular weight excluding hydrogens is 264 g/mol. The van der Waals surface area contributed by atoms with Gasteiger partial charge in [-0.3, -0.25) is 9.48 Å². The van der Waals surface area contributed by atoms with Crippen molar-refractivity contribution in [3.8, 4) is 5.75 Å². The van der Waals surface area contributed by atoms with Crippen LogP contribution in [0.15, 0.2) is 24.3 Å². The van der Waals surface area contributed by atoms with Gasteiger partial charge in [0.15, 0.2) is 5.78 Å². The zero-order chi connectivity index (χ0) is 15.4. The molecule has 21 heavy (non-hydrogen) atoms. The SMILES string of the molecule is CCOc1ccccc1C(=O)CCc1c(C)nn(C)c1C. The molecule has 0 N–H and O–H groups in total. The Balaban J connectivity index is 2.12. The second-order valence-corrected chi connectivity index (χ2v) is 5.13. The lowest BCUT2D eigenvalue weighted by molar-refractivity contribution is 0.0979. The molecule has 2 aromatic rings. The lowest BCUT2D eigenvalue weighted by Crippen LogP contribution is -2.06. The third-order valence-electron chi connectivity index (χ3n) is 3.75. The van der Waals surface area contributed by atoms with Gasteiger partial charge in [0.25, 0.3) is 0 Å². The minimum absolute atomic E-state index is 0.113. The number of rotatable bonds is 6. The summed E-state index contributed by atoms with van der Waals surface area (Å²) in [6.07, 6.45) is 1.18. The first-order valence-electron chi connectivity index (χ1n) is 7.28. The molecule has 0 radical (unpaired) electrons. The van der Waals surface area contributed by atoms with Crippen LogP contribution in [0.3, 0.4) is 0 Å². The summed E-state index contributed by atoms with van der Waals surface area (Å²) in [5.41, 5.74) is 3.96. The Morgan fingerprint density at radius 2 is 2.00 bits per heavy atom. The van der Waals surface area contributed by atoms with Gasteiger partial charge in [0, 0.05) is 19.2 Å². The van der Waals surface area contributed by atoms with E-state index in [1.165, 1.54) is 5.56 Å². The van der Waals surface area contributed by atoms with Gasteiger partial charge in [-0.1, -0.05) is 12.1 Å². The summed E-state index contributed by atoms with van der Waals surface area (Å²) in [7, 11) is 1.93. The Hall–Kier alpha value is -2.10. The molecule has 2 rings (SSSR count). The maximum Gasteiger partial charge on any atom is 0.166 e. The number of carbonyl (C=O) groups is 1. The standard InChI is InChI=1S/C17H22N2O2/c1-5-21-17-9-7-6-8-15(17)16(20)11-10-14-12(2)18-19(4)13(14)3/h6-9H,5,10-11H2,1-4H3. The van der Waals surface area contributed by atoms with Gasteiger partial charge in [-0.05, 0) is 44.9 Å². The van der Waals surface area contributed by atoms with E-state index in [1.54, 1.807) is 0 Å². The number of para-hydroxylation sites is 1. The molecule has 1 aromatic heterocycles. The van der Waals surface area contributed by atoms with Crippen molar-refractivity contribution in [2.24, 2.45) is 7.05 Å². The highest BCUT2D eigenvalue weighted by Crippen LogP contribution is 2.21. The predicted molar refractivity (Wildman–Crippen MR) is 82.9 cm³/mol. The van der Waals surface area contributed by atoms with Crippen LogP contribution in [0.25, 0.3) is 0 Å². The van der Waals surface area contributed by atoms with Gasteiger partial charge >= 0.3 is 0 Å². The van der Waals surface area contributed by atoms with Gasteiger partial charge in [-0.2, -0.15) is 5.10 Å². The fourth-order valence-corrected chi connectivity index (χ4v) is 2.53. The van der Waals surface area contributed by atoms with E-state index in [1.807, 2.05) is 56.8 Å². The lowest BCUT2D eigenvalue weighted by atomic mass is 10.0. The lowest BCUT2D eigenvalue weighted by Gasteiger charge is -2.09. The van der Waals surface area contributed by atoms with Crippen LogP contribution >= 0.6 is 0 Å². The molecule has 0 aliphatic heterocycles. The minimum atomic E-state index is 0.113. The number of nitrogens with zero attached hydrogens (tertiary/aromatic N) is 2. The number of ether oxygens (including phenoxy) is 1. The van der Waals surface area contributed by atoms with Crippen molar-refractivity contribution in [3.05, 3.63) is 46.8 Å². The molecule has 0 aliphatic rings. The van der Waals surface area contributed by atoms with E-state index in [-0.39, 0.29) is 5.78 Å². The zero-order valence-corrected chi connectivity index (χ0v) is 13.1. The molecule has 0 fully saturated rings. The van der Waals surface area contributed by atoms with Gasteiger partial charge < -0.3 is 4.74 Å². The molecule has 0 spiro atoms. The van der Waals surface area contributed by atoms with Crippen molar-refractivity contribution in [2.45, 2.75) is 33.6 Å². The fourth-order valence-electron chi connectivity index (χ4n) is 2.53. The smallest absolute Gasteiger partial charge is 0.166 e. The van der Waals surface area contributed by atoms with Crippen LogP contribution in [-0.2, 0) is 13.5 Å². The molecule has 0 aliphatic carbocycles. The second kappa shape index (κ2) is 6.57. The van der Waals surface area contributed by atoms with Crippen LogP contribution in [0.4, 0.5) is 0 Å². The third-order valence-corrected chi connectivity index (χ3v) is 3.75. The molecule has 4 heteroatoms. The number of aromatic nitrogens is 2. The second-order valence-electron chi connectivity index (χ2n) is 5.13. The van der Waals surface area contributed by atoms with E-state index in [4.69, 9.17) is 4.74 Å². The first-order valence-corrected chi connectivity index (χ1v) is 7.28. The van der Waals surface area contributed by atoms with E-state index in [0.717, 1.165) is 11.4 Å². The first-order chi connectivity index (χ1) is 10.0. The highest BCUT2D eigenvalue weighted by atomic mass is 16.5. The summed E-state index contributed by atoms with van der Waals surface area (Å²) < 4.78 is 7.39. The number of Topliss-reactive ketones (excluding diaryl/α,β-unsaturated/α-hetero) is 1. The maximum atomic E-state index is 12.4. The van der Waals surface area contributed by atoms with Crippen molar-refractivity contribution in [3.63, 3.8) is 0 Å². The zero-order valence-electron chi connectivity index (χ0n) is 13.1. The Labute approximate surface area is 125 Å². The first kappa shape index (κ1) is 15.3. The quantitative estimate of drug-likeness (QED) is 0.766. The van der Waals surface area contributed by atoms with E-state index in [0.29, 0.717) is 30.8 Å². The van der Waals surface area contributed by atoms with E-state index in [2.05, 4.69) is 5.10 Å². The van der Waals surface area contributed by atoms with Gasteiger partial charge in [0.05, 0.1) is 17.9 Å². The molecule has 0 unspecified atom stereocenters. The van der Waals surface area contributed by atoms with Crippen molar-refractivity contribution in [1.82, 2.24) is 9.78 Å². The van der Waals surface area contributed by atoms with Gasteiger partial charge in [-0.25, -0.2) is 0 Å². The average molecular weight is 286 g/mol. The number of aryl methyl sites for hydroxylation is 2. The largest absolute Gasteiger partial charge is 0.493 e. The Morgan fingerprint density at radius 3 is 2.62 bits per heavy atom. The highest BCUT2D eigenvalue weighted by Gasteiger charge is 2.15. The summed E-state index contributed by atoms with van der Waals surface area (Å²) in [6, 6.07) is 7.43. The average Bonchev–Trinajstić information content (AvgIpc) is 2.71. The summed E-state index contributed by atoms with van der Waals surface area (Å²) in [6.45, 7) is 6.50. The monoisotopic (exact) mass is 286 g/mol.